The zero-order chi connectivity index (χ0) is 12.7. The first-order valence-electron chi connectivity index (χ1n) is 5.45. The van der Waals surface area contributed by atoms with E-state index < -0.39 is 0 Å². The third kappa shape index (κ3) is 5.06. The molecule has 94 valence electrons. The fourth-order valence-corrected chi connectivity index (χ4v) is 1.48. The molecule has 1 aromatic heterocycles. The van der Waals surface area contributed by atoms with E-state index in [0.717, 1.165) is 24.5 Å². The quantitative estimate of drug-likeness (QED) is 0.730. The maximum atomic E-state index is 5.51. The van der Waals surface area contributed by atoms with E-state index in [-0.39, 0.29) is 0 Å². The average Bonchev–Trinajstić information content (AvgIpc) is 2.29. The van der Waals surface area contributed by atoms with Crippen LogP contribution in [0.2, 0.25) is 0 Å². The van der Waals surface area contributed by atoms with Gasteiger partial charge in [0.2, 0.25) is 0 Å². The monoisotopic (exact) mass is 254 g/mol. The molecule has 0 atom stereocenters. The lowest BCUT2D eigenvalue weighted by Gasteiger charge is -2.22. The zero-order valence-corrected chi connectivity index (χ0v) is 11.0. The molecule has 0 unspecified atom stereocenters. The Morgan fingerprint density at radius 3 is 2.88 bits per heavy atom. The summed E-state index contributed by atoms with van der Waals surface area (Å²) >= 11 is 4.89. The summed E-state index contributed by atoms with van der Waals surface area (Å²) in [7, 11) is 1.67. The van der Waals surface area contributed by atoms with Crippen LogP contribution in [-0.4, -0.2) is 42.0 Å². The summed E-state index contributed by atoms with van der Waals surface area (Å²) < 4.78 is 5.08. The van der Waals surface area contributed by atoms with Crippen LogP contribution in [-0.2, 0) is 4.74 Å². The Hall–Kier alpha value is -1.27. The number of thiocarbonyl (C=S) groups is 1. The van der Waals surface area contributed by atoms with Crippen LogP contribution in [0, 0.1) is 6.92 Å². The summed E-state index contributed by atoms with van der Waals surface area (Å²) in [6, 6.07) is 1.99. The van der Waals surface area contributed by atoms with Crippen molar-refractivity contribution in [2.75, 3.05) is 31.7 Å². The van der Waals surface area contributed by atoms with Crippen LogP contribution in [0.25, 0.3) is 0 Å². The van der Waals surface area contributed by atoms with Gasteiger partial charge in [-0.2, -0.15) is 5.10 Å². The van der Waals surface area contributed by atoms with E-state index in [9.17, 15) is 0 Å². The Bertz CT molecular complexity index is 372. The van der Waals surface area contributed by atoms with Gasteiger partial charge in [-0.05, 0) is 18.6 Å². The summed E-state index contributed by atoms with van der Waals surface area (Å²) in [6.07, 6.45) is 2.39. The molecule has 0 bridgehead atoms. The highest BCUT2D eigenvalue weighted by Gasteiger charge is 2.08. The van der Waals surface area contributed by atoms with Crippen LogP contribution < -0.4 is 10.6 Å². The number of ether oxygens (including phenoxy) is 1. The predicted octanol–water partition coefficient (Wildman–Crippen LogP) is 0.914. The van der Waals surface area contributed by atoms with Gasteiger partial charge in [-0.3, -0.25) is 0 Å². The molecule has 0 aliphatic heterocycles. The van der Waals surface area contributed by atoms with Gasteiger partial charge < -0.3 is 15.4 Å². The average molecular weight is 254 g/mol. The molecular weight excluding hydrogens is 236 g/mol. The van der Waals surface area contributed by atoms with E-state index in [1.54, 1.807) is 13.3 Å². The molecule has 0 saturated carbocycles. The van der Waals surface area contributed by atoms with Crippen LogP contribution in [0.4, 0.5) is 5.82 Å². The minimum atomic E-state index is 0.507. The molecule has 6 heteroatoms. The van der Waals surface area contributed by atoms with Gasteiger partial charge in [0.25, 0.3) is 0 Å². The summed E-state index contributed by atoms with van der Waals surface area (Å²) in [4.78, 5) is 2.58. The standard InChI is InChI=1S/C11H18N4OS/c1-9-7-11(14-13-8-9)15(5-6-16-2)4-3-10(12)17/h7-8H,3-6H2,1-2H3,(H2,12,17). The second-order valence-electron chi connectivity index (χ2n) is 3.79. The highest BCUT2D eigenvalue weighted by atomic mass is 32.1. The number of hydrogen-bond acceptors (Lipinski definition) is 5. The smallest absolute Gasteiger partial charge is 0.151 e. The van der Waals surface area contributed by atoms with Crippen LogP contribution in [0.1, 0.15) is 12.0 Å². The van der Waals surface area contributed by atoms with Gasteiger partial charge in [-0.1, -0.05) is 12.2 Å². The summed E-state index contributed by atoms with van der Waals surface area (Å²) in [5, 5.41) is 8.05. The number of rotatable bonds is 7. The number of hydrogen-bond donors (Lipinski definition) is 1. The van der Waals surface area contributed by atoms with Gasteiger partial charge in [-0.15, -0.1) is 5.10 Å². The molecule has 0 saturated heterocycles. The van der Waals surface area contributed by atoms with E-state index in [4.69, 9.17) is 22.7 Å². The highest BCUT2D eigenvalue weighted by Crippen LogP contribution is 2.11. The van der Waals surface area contributed by atoms with Crippen LogP contribution in [0.3, 0.4) is 0 Å². The lowest BCUT2D eigenvalue weighted by molar-refractivity contribution is 0.205. The molecule has 1 heterocycles. The van der Waals surface area contributed by atoms with E-state index in [1.165, 1.54) is 0 Å². The molecule has 5 nitrogen and oxygen atoms in total. The van der Waals surface area contributed by atoms with Gasteiger partial charge in [0.1, 0.15) is 0 Å². The summed E-state index contributed by atoms with van der Waals surface area (Å²) in [5.41, 5.74) is 6.59. The van der Waals surface area contributed by atoms with Crippen LogP contribution in [0.5, 0.6) is 0 Å². The lowest BCUT2D eigenvalue weighted by atomic mass is 10.3. The van der Waals surface area contributed by atoms with Crippen molar-refractivity contribution in [1.82, 2.24) is 10.2 Å². The van der Waals surface area contributed by atoms with Crippen molar-refractivity contribution >= 4 is 23.0 Å². The minimum absolute atomic E-state index is 0.507. The second kappa shape index (κ2) is 7.13. The maximum Gasteiger partial charge on any atom is 0.151 e. The Labute approximate surface area is 107 Å². The van der Waals surface area contributed by atoms with Crippen molar-refractivity contribution in [3.8, 4) is 0 Å². The SMILES string of the molecule is COCCN(CCC(N)=S)c1cc(C)cnn1. The van der Waals surface area contributed by atoms with E-state index in [1.807, 2.05) is 13.0 Å². The van der Waals surface area contributed by atoms with Crippen molar-refractivity contribution in [3.63, 3.8) is 0 Å². The molecule has 0 aromatic carbocycles. The number of nitrogens with zero attached hydrogens (tertiary/aromatic N) is 3. The molecule has 2 N–H and O–H groups in total. The van der Waals surface area contributed by atoms with Crippen LogP contribution in [0.15, 0.2) is 12.3 Å². The first-order valence-corrected chi connectivity index (χ1v) is 5.86. The highest BCUT2D eigenvalue weighted by molar-refractivity contribution is 7.80. The van der Waals surface area contributed by atoms with E-state index in [0.29, 0.717) is 18.0 Å². The second-order valence-corrected chi connectivity index (χ2v) is 4.31. The van der Waals surface area contributed by atoms with Crippen molar-refractivity contribution < 1.29 is 4.74 Å². The number of anilines is 1. The van der Waals surface area contributed by atoms with Crippen molar-refractivity contribution in [1.29, 1.82) is 0 Å². The van der Waals surface area contributed by atoms with Crippen molar-refractivity contribution in [3.05, 3.63) is 17.8 Å². The van der Waals surface area contributed by atoms with Gasteiger partial charge in [-0.25, -0.2) is 0 Å². The molecule has 1 aromatic rings. The Morgan fingerprint density at radius 2 is 2.29 bits per heavy atom. The summed E-state index contributed by atoms with van der Waals surface area (Å²) in [5.74, 6) is 0.832. The third-order valence-electron chi connectivity index (χ3n) is 2.30. The molecule has 0 spiro atoms. The van der Waals surface area contributed by atoms with Crippen molar-refractivity contribution in [2.45, 2.75) is 13.3 Å². The number of nitrogens with two attached hydrogens (primary N) is 1. The number of aryl methyl sites for hydroxylation is 1. The molecule has 0 aliphatic carbocycles. The molecule has 0 fully saturated rings. The minimum Gasteiger partial charge on any atom is -0.393 e. The van der Waals surface area contributed by atoms with Gasteiger partial charge in [0, 0.05) is 26.6 Å². The van der Waals surface area contributed by atoms with Gasteiger partial charge >= 0.3 is 0 Å². The van der Waals surface area contributed by atoms with E-state index >= 15 is 0 Å². The first kappa shape index (κ1) is 13.8. The number of aromatic nitrogens is 2. The summed E-state index contributed by atoms with van der Waals surface area (Å²) in [6.45, 7) is 4.10. The van der Waals surface area contributed by atoms with Gasteiger partial charge in [0.15, 0.2) is 5.82 Å². The Morgan fingerprint density at radius 1 is 1.53 bits per heavy atom. The largest absolute Gasteiger partial charge is 0.393 e. The topological polar surface area (TPSA) is 64.3 Å². The lowest BCUT2D eigenvalue weighted by Crippen LogP contribution is -2.31. The van der Waals surface area contributed by atoms with Crippen LogP contribution >= 0.6 is 12.2 Å². The fourth-order valence-electron chi connectivity index (χ4n) is 1.39. The first-order chi connectivity index (χ1) is 8.13. The van der Waals surface area contributed by atoms with Gasteiger partial charge in [0.05, 0.1) is 17.8 Å². The number of methoxy groups -OCH3 is 1. The molecule has 0 aliphatic rings. The Balaban J connectivity index is 2.70. The van der Waals surface area contributed by atoms with E-state index in [2.05, 4.69) is 15.1 Å². The normalized spacial score (nSPS) is 10.2. The van der Waals surface area contributed by atoms with Crippen molar-refractivity contribution in [2.24, 2.45) is 5.73 Å². The fraction of sp³-hybridized carbons (Fsp3) is 0.545. The molecular formula is C11H18N4OS. The molecule has 1 rings (SSSR count). The maximum absolute atomic E-state index is 5.51. The molecule has 17 heavy (non-hydrogen) atoms. The predicted molar refractivity (Wildman–Crippen MR) is 72.3 cm³/mol. The molecule has 0 amide bonds. The Kier molecular flexibility index (Phi) is 5.79. The third-order valence-corrected chi connectivity index (χ3v) is 2.50. The zero-order valence-electron chi connectivity index (χ0n) is 10.2. The molecule has 0 radical (unpaired) electrons.